The zero-order valence-corrected chi connectivity index (χ0v) is 16.4. The third-order valence-corrected chi connectivity index (χ3v) is 5.69. The molecule has 5 nitrogen and oxygen atoms in total. The average Bonchev–Trinajstić information content (AvgIpc) is 2.95. The second kappa shape index (κ2) is 10.6. The Morgan fingerprint density at radius 2 is 1.89 bits per heavy atom. The molecular formula is C23H32O5. The smallest absolute Gasteiger partial charge is 0.335 e. The van der Waals surface area contributed by atoms with Crippen LogP contribution in [0.15, 0.2) is 49.1 Å². The Balaban J connectivity index is 2.18. The Hall–Kier alpha value is -1.95. The molecule has 1 aliphatic rings. The van der Waals surface area contributed by atoms with E-state index in [1.54, 1.807) is 24.3 Å². The molecule has 5 heteroatoms. The number of carboxylic acid groups (broad SMARTS) is 1. The minimum atomic E-state index is -0.990. The van der Waals surface area contributed by atoms with E-state index in [4.69, 9.17) is 5.11 Å². The van der Waals surface area contributed by atoms with Crippen molar-refractivity contribution in [3.8, 4) is 0 Å². The maximum absolute atomic E-state index is 11.1. The Bertz CT molecular complexity index is 666. The first-order valence-corrected chi connectivity index (χ1v) is 10.1. The third kappa shape index (κ3) is 5.53. The molecular weight excluding hydrogens is 356 g/mol. The molecule has 1 aliphatic carbocycles. The van der Waals surface area contributed by atoms with Crippen molar-refractivity contribution in [2.75, 3.05) is 0 Å². The van der Waals surface area contributed by atoms with E-state index in [1.165, 1.54) is 12.1 Å². The summed E-state index contributed by atoms with van der Waals surface area (Å²) in [5.41, 5.74) is 1.05. The summed E-state index contributed by atoms with van der Waals surface area (Å²) >= 11 is 0. The number of rotatable bonds is 10. The fourth-order valence-electron chi connectivity index (χ4n) is 4.13. The molecule has 0 aromatic heterocycles. The Kier molecular flexibility index (Phi) is 8.42. The second-order valence-electron chi connectivity index (χ2n) is 7.66. The zero-order valence-electron chi connectivity index (χ0n) is 16.4. The van der Waals surface area contributed by atoms with Crippen LogP contribution in [0.2, 0.25) is 0 Å². The summed E-state index contributed by atoms with van der Waals surface area (Å²) in [6.45, 7) is 6.01. The van der Waals surface area contributed by atoms with Crippen LogP contribution in [0.4, 0.5) is 0 Å². The van der Waals surface area contributed by atoms with Gasteiger partial charge in [-0.2, -0.15) is 0 Å². The number of aliphatic hydroxyl groups excluding tert-OH is 3. The van der Waals surface area contributed by atoms with Crippen LogP contribution in [0.1, 0.15) is 60.9 Å². The summed E-state index contributed by atoms with van der Waals surface area (Å²) in [6.07, 6.45) is 7.39. The average molecular weight is 389 g/mol. The number of hydrogen-bond acceptors (Lipinski definition) is 4. The molecule has 0 spiro atoms. The standard InChI is InChI=1S/C23H32O5/c1-3-5-6-7-17(24)12-13-19-20(25)14-21(26)22(19)18(4-2)15-8-10-16(11-9-15)23(27)28/h4,8-13,17-22,24-26H,2-3,5-7,14H2,1H3,(H,27,28)/t17?,18-,19-,20?,21-,22+/m1/s1. The van der Waals surface area contributed by atoms with Crippen molar-refractivity contribution in [2.24, 2.45) is 11.8 Å². The maximum atomic E-state index is 11.1. The molecule has 0 amide bonds. The molecule has 0 bridgehead atoms. The normalized spacial score (nSPS) is 27.0. The van der Waals surface area contributed by atoms with Crippen molar-refractivity contribution < 1.29 is 25.2 Å². The Morgan fingerprint density at radius 3 is 2.46 bits per heavy atom. The van der Waals surface area contributed by atoms with Gasteiger partial charge in [0.05, 0.1) is 23.9 Å². The third-order valence-electron chi connectivity index (χ3n) is 5.69. The van der Waals surface area contributed by atoms with Crippen LogP contribution in [0, 0.1) is 11.8 Å². The summed E-state index contributed by atoms with van der Waals surface area (Å²) in [4.78, 5) is 11.1. The lowest BCUT2D eigenvalue weighted by Gasteiger charge is -2.28. The molecule has 1 fully saturated rings. The second-order valence-corrected chi connectivity index (χ2v) is 7.66. The topological polar surface area (TPSA) is 98.0 Å². The monoisotopic (exact) mass is 388 g/mol. The van der Waals surface area contributed by atoms with Crippen LogP contribution < -0.4 is 0 Å². The number of aromatic carboxylic acids is 1. The van der Waals surface area contributed by atoms with Crippen molar-refractivity contribution >= 4 is 5.97 Å². The fraction of sp³-hybridized carbons (Fsp3) is 0.522. The largest absolute Gasteiger partial charge is 0.478 e. The van der Waals surface area contributed by atoms with Crippen molar-refractivity contribution in [3.63, 3.8) is 0 Å². The van der Waals surface area contributed by atoms with Crippen LogP contribution in [0.3, 0.4) is 0 Å². The molecule has 2 unspecified atom stereocenters. The number of hydrogen-bond donors (Lipinski definition) is 4. The highest BCUT2D eigenvalue weighted by atomic mass is 16.4. The molecule has 0 aliphatic heterocycles. The molecule has 2 rings (SSSR count). The van der Waals surface area contributed by atoms with Crippen LogP contribution in [0.25, 0.3) is 0 Å². The number of carbonyl (C=O) groups is 1. The molecule has 28 heavy (non-hydrogen) atoms. The highest BCUT2D eigenvalue weighted by Gasteiger charge is 2.44. The van der Waals surface area contributed by atoms with Crippen LogP contribution in [-0.2, 0) is 0 Å². The van der Waals surface area contributed by atoms with E-state index < -0.39 is 24.3 Å². The molecule has 154 valence electrons. The lowest BCUT2D eigenvalue weighted by atomic mass is 9.78. The van der Waals surface area contributed by atoms with Gasteiger partial charge in [-0.05, 0) is 24.1 Å². The van der Waals surface area contributed by atoms with Gasteiger partial charge >= 0.3 is 5.97 Å². The molecule has 1 saturated carbocycles. The van der Waals surface area contributed by atoms with E-state index in [2.05, 4.69) is 13.5 Å². The van der Waals surface area contributed by atoms with Crippen molar-refractivity contribution in [3.05, 3.63) is 60.2 Å². The molecule has 1 aromatic carbocycles. The van der Waals surface area contributed by atoms with Crippen molar-refractivity contribution in [1.29, 1.82) is 0 Å². The van der Waals surface area contributed by atoms with Crippen LogP contribution in [-0.4, -0.2) is 44.7 Å². The van der Waals surface area contributed by atoms with E-state index in [0.29, 0.717) is 6.42 Å². The van der Waals surface area contributed by atoms with E-state index in [0.717, 1.165) is 24.8 Å². The lowest BCUT2D eigenvalue weighted by molar-refractivity contribution is 0.0696. The minimum Gasteiger partial charge on any atom is -0.478 e. The van der Waals surface area contributed by atoms with Crippen molar-refractivity contribution in [1.82, 2.24) is 0 Å². The highest BCUT2D eigenvalue weighted by molar-refractivity contribution is 5.87. The zero-order chi connectivity index (χ0) is 20.7. The van der Waals surface area contributed by atoms with Gasteiger partial charge in [-0.25, -0.2) is 4.79 Å². The van der Waals surface area contributed by atoms with Gasteiger partial charge in [0.1, 0.15) is 0 Å². The molecule has 0 radical (unpaired) electrons. The number of aliphatic hydroxyl groups is 3. The summed E-state index contributed by atoms with van der Waals surface area (Å²) in [6, 6.07) is 6.53. The molecule has 4 N–H and O–H groups in total. The quantitative estimate of drug-likeness (QED) is 0.363. The summed E-state index contributed by atoms with van der Waals surface area (Å²) < 4.78 is 0. The van der Waals surface area contributed by atoms with Gasteiger partial charge < -0.3 is 20.4 Å². The predicted octanol–water partition coefficient (Wildman–Crippen LogP) is 3.51. The summed E-state index contributed by atoms with van der Waals surface area (Å²) in [5, 5.41) is 40.3. The van der Waals surface area contributed by atoms with E-state index in [9.17, 15) is 20.1 Å². The Morgan fingerprint density at radius 1 is 1.21 bits per heavy atom. The first kappa shape index (κ1) is 22.3. The molecule has 1 aromatic rings. The molecule has 0 saturated heterocycles. The maximum Gasteiger partial charge on any atom is 0.335 e. The molecule has 6 atom stereocenters. The van der Waals surface area contributed by atoms with E-state index >= 15 is 0 Å². The SMILES string of the molecule is C=C[C@H](c1ccc(C(=O)O)cc1)[C@@H]1[C@H](O)CC(O)[C@H]1C=CC(O)CCCCC. The highest BCUT2D eigenvalue weighted by Crippen LogP contribution is 2.43. The number of unbranched alkanes of at least 4 members (excludes halogenated alkanes) is 2. The first-order chi connectivity index (χ1) is 13.4. The predicted molar refractivity (Wildman–Crippen MR) is 109 cm³/mol. The number of allylic oxidation sites excluding steroid dienone is 1. The molecule has 0 heterocycles. The first-order valence-electron chi connectivity index (χ1n) is 10.1. The van der Waals surface area contributed by atoms with Crippen LogP contribution >= 0.6 is 0 Å². The van der Waals surface area contributed by atoms with Crippen LogP contribution in [0.5, 0.6) is 0 Å². The summed E-state index contributed by atoms with van der Waals surface area (Å²) in [5.74, 6) is -1.82. The van der Waals surface area contributed by atoms with Crippen molar-refractivity contribution in [2.45, 2.75) is 63.3 Å². The summed E-state index contributed by atoms with van der Waals surface area (Å²) in [7, 11) is 0. The van der Waals surface area contributed by atoms with Gasteiger partial charge in [-0.1, -0.05) is 56.5 Å². The Labute approximate surface area is 167 Å². The lowest BCUT2D eigenvalue weighted by Crippen LogP contribution is -2.26. The van der Waals surface area contributed by atoms with Gasteiger partial charge in [-0.15, -0.1) is 6.58 Å². The van der Waals surface area contributed by atoms with Gasteiger partial charge in [0.25, 0.3) is 0 Å². The van der Waals surface area contributed by atoms with Gasteiger partial charge in [0, 0.05) is 24.2 Å². The van der Waals surface area contributed by atoms with E-state index in [-0.39, 0.29) is 29.7 Å². The van der Waals surface area contributed by atoms with Gasteiger partial charge in [-0.3, -0.25) is 0 Å². The number of carboxylic acids is 1. The number of benzene rings is 1. The minimum absolute atomic E-state index is 0.199. The van der Waals surface area contributed by atoms with E-state index in [1.807, 2.05) is 6.08 Å². The van der Waals surface area contributed by atoms with Gasteiger partial charge in [0.2, 0.25) is 0 Å². The fourth-order valence-corrected chi connectivity index (χ4v) is 4.13. The van der Waals surface area contributed by atoms with Gasteiger partial charge in [0.15, 0.2) is 0 Å².